The quantitative estimate of drug-likeness (QED) is 0.761. The van der Waals surface area contributed by atoms with E-state index in [0.29, 0.717) is 0 Å². The van der Waals surface area contributed by atoms with Crippen molar-refractivity contribution in [3.8, 4) is 5.69 Å². The summed E-state index contributed by atoms with van der Waals surface area (Å²) in [6.45, 7) is 0. The third-order valence-electron chi connectivity index (χ3n) is 2.12. The molecule has 0 fully saturated rings. The Hall–Kier alpha value is -1.56. The van der Waals surface area contributed by atoms with Gasteiger partial charge in [-0.25, -0.2) is 0 Å². The molecule has 0 radical (unpaired) electrons. The first-order valence-electron chi connectivity index (χ1n) is 4.43. The minimum Gasteiger partial charge on any atom is -0.337 e. The number of nitrogens with zero attached hydrogens (tertiary/aromatic N) is 1. The Balaban J connectivity index is 2.67. The van der Waals surface area contributed by atoms with E-state index >= 15 is 0 Å². The van der Waals surface area contributed by atoms with Crippen LogP contribution < -0.4 is 0 Å². The molecule has 0 amide bonds. The molecule has 1 N–H and O–H groups in total. The van der Waals surface area contributed by atoms with Crippen molar-refractivity contribution in [2.24, 2.45) is 0 Å². The Morgan fingerprint density at radius 2 is 1.88 bits per heavy atom. The summed E-state index contributed by atoms with van der Waals surface area (Å²) in [5, 5.41) is 0. The standard InChI is InChI=1S/C10H7F3N2S/c11-10(12,13)7-3-1-2-4-8(7)15-6-5-14-9(15)16/h1-6H,(H,14,16). The minimum atomic E-state index is -4.39. The summed E-state index contributed by atoms with van der Waals surface area (Å²) in [5.41, 5.74) is -0.674. The molecule has 1 heterocycles. The van der Waals surface area contributed by atoms with Gasteiger partial charge in [0.05, 0.1) is 11.3 Å². The lowest BCUT2D eigenvalue weighted by Crippen LogP contribution is -2.10. The van der Waals surface area contributed by atoms with Gasteiger partial charge in [-0.05, 0) is 24.4 Å². The van der Waals surface area contributed by atoms with Crippen LogP contribution in [0.5, 0.6) is 0 Å². The maximum atomic E-state index is 12.7. The molecule has 0 bridgehead atoms. The summed E-state index contributed by atoms with van der Waals surface area (Å²) < 4.78 is 39.7. The summed E-state index contributed by atoms with van der Waals surface area (Å²) in [4.78, 5) is 2.66. The maximum Gasteiger partial charge on any atom is 0.418 e. The van der Waals surface area contributed by atoms with Crippen LogP contribution in [0.15, 0.2) is 36.7 Å². The van der Waals surface area contributed by atoms with Crippen molar-refractivity contribution in [1.82, 2.24) is 9.55 Å². The van der Waals surface area contributed by atoms with Crippen LogP contribution in [0, 0.1) is 4.77 Å². The fraction of sp³-hybridized carbons (Fsp3) is 0.100. The van der Waals surface area contributed by atoms with Crippen molar-refractivity contribution in [3.05, 3.63) is 47.0 Å². The van der Waals surface area contributed by atoms with Gasteiger partial charge in [-0.3, -0.25) is 4.57 Å². The van der Waals surface area contributed by atoms with E-state index in [-0.39, 0.29) is 10.5 Å². The van der Waals surface area contributed by atoms with Gasteiger partial charge >= 0.3 is 6.18 Å². The monoisotopic (exact) mass is 244 g/mol. The number of halogens is 3. The Morgan fingerprint density at radius 1 is 1.19 bits per heavy atom. The predicted octanol–water partition coefficient (Wildman–Crippen LogP) is 3.55. The van der Waals surface area contributed by atoms with E-state index in [9.17, 15) is 13.2 Å². The highest BCUT2D eigenvalue weighted by Crippen LogP contribution is 2.33. The van der Waals surface area contributed by atoms with Crippen LogP contribution in [0.25, 0.3) is 5.69 Å². The maximum absolute atomic E-state index is 12.7. The molecule has 0 aliphatic carbocycles. The average Bonchev–Trinajstić information content (AvgIpc) is 2.63. The highest BCUT2D eigenvalue weighted by Gasteiger charge is 2.33. The van der Waals surface area contributed by atoms with E-state index in [1.54, 1.807) is 6.07 Å². The molecule has 2 aromatic rings. The zero-order chi connectivity index (χ0) is 11.8. The minimum absolute atomic E-state index is 0.0289. The van der Waals surface area contributed by atoms with Crippen LogP contribution in [-0.2, 0) is 6.18 Å². The van der Waals surface area contributed by atoms with Gasteiger partial charge in [0, 0.05) is 12.4 Å². The normalized spacial score (nSPS) is 11.7. The van der Waals surface area contributed by atoms with Crippen molar-refractivity contribution >= 4 is 12.2 Å². The van der Waals surface area contributed by atoms with Crippen LogP contribution in [0.3, 0.4) is 0 Å². The molecule has 0 saturated carbocycles. The number of H-pyrrole nitrogens is 1. The summed E-state index contributed by atoms with van der Waals surface area (Å²) in [6.07, 6.45) is -1.43. The van der Waals surface area contributed by atoms with Crippen LogP contribution in [0.1, 0.15) is 5.56 Å². The summed E-state index contributed by atoms with van der Waals surface area (Å²) >= 11 is 4.89. The SMILES string of the molecule is FC(F)(F)c1ccccc1-n1cc[nH]c1=S. The van der Waals surface area contributed by atoms with Gasteiger partial charge in [0.1, 0.15) is 0 Å². The lowest BCUT2D eigenvalue weighted by Gasteiger charge is -2.12. The Labute approximate surface area is 94.3 Å². The first-order chi connectivity index (χ1) is 7.50. The predicted molar refractivity (Wildman–Crippen MR) is 56.0 cm³/mol. The number of hydrogen-bond acceptors (Lipinski definition) is 1. The second kappa shape index (κ2) is 3.79. The van der Waals surface area contributed by atoms with Crippen molar-refractivity contribution in [1.29, 1.82) is 0 Å². The Bertz CT molecular complexity index is 553. The van der Waals surface area contributed by atoms with Crippen molar-refractivity contribution in [2.45, 2.75) is 6.18 Å². The molecule has 1 aromatic carbocycles. The number of aromatic nitrogens is 2. The van der Waals surface area contributed by atoms with Crippen LogP contribution in [0.4, 0.5) is 13.2 Å². The van der Waals surface area contributed by atoms with Crippen molar-refractivity contribution in [2.75, 3.05) is 0 Å². The van der Waals surface area contributed by atoms with Crippen LogP contribution >= 0.6 is 12.2 Å². The van der Waals surface area contributed by atoms with Gasteiger partial charge in [-0.15, -0.1) is 0 Å². The van der Waals surface area contributed by atoms with Gasteiger partial charge in [0.25, 0.3) is 0 Å². The molecule has 0 aliphatic heterocycles. The van der Waals surface area contributed by atoms with Gasteiger partial charge in [0.2, 0.25) is 0 Å². The molecule has 1 aromatic heterocycles. The number of aromatic amines is 1. The van der Waals surface area contributed by atoms with Crippen molar-refractivity contribution < 1.29 is 13.2 Å². The number of hydrogen-bond donors (Lipinski definition) is 1. The topological polar surface area (TPSA) is 20.7 Å². The molecule has 6 heteroatoms. The molecular formula is C10H7F3N2S. The highest BCUT2D eigenvalue weighted by atomic mass is 32.1. The molecule has 0 aliphatic rings. The number of imidazole rings is 1. The number of para-hydroxylation sites is 1. The molecule has 84 valence electrons. The highest BCUT2D eigenvalue weighted by molar-refractivity contribution is 7.71. The fourth-order valence-corrected chi connectivity index (χ4v) is 1.66. The van der Waals surface area contributed by atoms with Crippen LogP contribution in [0.2, 0.25) is 0 Å². The van der Waals surface area contributed by atoms with Gasteiger partial charge < -0.3 is 4.98 Å². The fourth-order valence-electron chi connectivity index (χ4n) is 1.43. The molecule has 16 heavy (non-hydrogen) atoms. The molecule has 2 nitrogen and oxygen atoms in total. The zero-order valence-corrected chi connectivity index (χ0v) is 8.77. The lowest BCUT2D eigenvalue weighted by molar-refractivity contribution is -0.137. The Kier molecular flexibility index (Phi) is 2.59. The first-order valence-corrected chi connectivity index (χ1v) is 4.83. The molecule has 0 spiro atoms. The van der Waals surface area contributed by atoms with E-state index in [1.807, 2.05) is 0 Å². The van der Waals surface area contributed by atoms with Crippen molar-refractivity contribution in [3.63, 3.8) is 0 Å². The zero-order valence-electron chi connectivity index (χ0n) is 7.95. The van der Waals surface area contributed by atoms with E-state index in [0.717, 1.165) is 6.07 Å². The summed E-state index contributed by atoms with van der Waals surface area (Å²) in [7, 11) is 0. The van der Waals surface area contributed by atoms with E-state index < -0.39 is 11.7 Å². The second-order valence-corrected chi connectivity index (χ2v) is 3.54. The van der Waals surface area contributed by atoms with Gasteiger partial charge in [0.15, 0.2) is 4.77 Å². The van der Waals surface area contributed by atoms with E-state index in [4.69, 9.17) is 12.2 Å². The number of benzene rings is 1. The smallest absolute Gasteiger partial charge is 0.337 e. The Morgan fingerprint density at radius 3 is 2.44 bits per heavy atom. The van der Waals surface area contributed by atoms with Crippen LogP contribution in [-0.4, -0.2) is 9.55 Å². The molecule has 2 rings (SSSR count). The second-order valence-electron chi connectivity index (χ2n) is 3.15. The summed E-state index contributed by atoms with van der Waals surface area (Å²) in [6, 6.07) is 5.30. The third kappa shape index (κ3) is 1.88. The number of rotatable bonds is 1. The summed E-state index contributed by atoms with van der Waals surface area (Å²) in [5.74, 6) is 0. The molecule has 0 unspecified atom stereocenters. The van der Waals surface area contributed by atoms with E-state index in [1.165, 1.54) is 29.1 Å². The largest absolute Gasteiger partial charge is 0.418 e. The average molecular weight is 244 g/mol. The number of alkyl halides is 3. The first kappa shape index (κ1) is 10.9. The third-order valence-corrected chi connectivity index (χ3v) is 2.43. The molecular weight excluding hydrogens is 237 g/mol. The molecule has 0 atom stereocenters. The van der Waals surface area contributed by atoms with Gasteiger partial charge in [-0.2, -0.15) is 13.2 Å². The lowest BCUT2D eigenvalue weighted by atomic mass is 10.1. The number of nitrogens with one attached hydrogen (secondary N) is 1. The van der Waals surface area contributed by atoms with Gasteiger partial charge in [-0.1, -0.05) is 12.1 Å². The molecule has 0 saturated heterocycles. The van der Waals surface area contributed by atoms with E-state index in [2.05, 4.69) is 4.98 Å².